The van der Waals surface area contributed by atoms with Gasteiger partial charge in [0.15, 0.2) is 0 Å². The summed E-state index contributed by atoms with van der Waals surface area (Å²) in [5.74, 6) is 0. The van der Waals surface area contributed by atoms with Crippen LogP contribution in [0.4, 0.5) is 4.79 Å². The van der Waals surface area contributed by atoms with Crippen LogP contribution in [0.3, 0.4) is 0 Å². The van der Waals surface area contributed by atoms with E-state index in [2.05, 4.69) is 46.6 Å². The van der Waals surface area contributed by atoms with Gasteiger partial charge in [-0.2, -0.15) is 0 Å². The second-order valence-corrected chi connectivity index (χ2v) is 6.63. The van der Waals surface area contributed by atoms with Crippen LogP contribution in [0.1, 0.15) is 24.0 Å². The number of carboxylic acid groups (broad SMARTS) is 1. The van der Waals surface area contributed by atoms with Gasteiger partial charge in [0.25, 0.3) is 0 Å². The molecule has 0 aliphatic carbocycles. The zero-order valence-electron chi connectivity index (χ0n) is 13.8. The quantitative estimate of drug-likeness (QED) is 0.884. The Morgan fingerprint density at radius 3 is 2.04 bits per heavy atom. The van der Waals surface area contributed by atoms with E-state index in [0.29, 0.717) is 0 Å². The lowest BCUT2D eigenvalue weighted by molar-refractivity contribution is 0.118. The molecule has 0 atom stereocenters. The molecule has 126 valence electrons. The van der Waals surface area contributed by atoms with Gasteiger partial charge in [0.2, 0.25) is 0 Å². The molecule has 2 aromatic carbocycles. The first-order chi connectivity index (χ1) is 11.7. The van der Waals surface area contributed by atoms with Crippen molar-refractivity contribution in [2.24, 2.45) is 0 Å². The maximum Gasteiger partial charge on any atom is 0.405 e. The molecule has 1 amide bonds. The van der Waals surface area contributed by atoms with Gasteiger partial charge in [-0.25, -0.2) is 4.79 Å². The van der Waals surface area contributed by atoms with Crippen molar-refractivity contribution in [3.05, 3.63) is 71.8 Å². The number of nitrogens with zero attached hydrogens (tertiary/aromatic N) is 1. The van der Waals surface area contributed by atoms with Crippen molar-refractivity contribution in [1.82, 2.24) is 10.2 Å². The number of piperidine rings is 1. The molecule has 2 N–H and O–H groups in total. The fourth-order valence-corrected chi connectivity index (χ4v) is 3.54. The first kappa shape index (κ1) is 16.5. The number of hydrogen-bond acceptors (Lipinski definition) is 2. The molecule has 24 heavy (non-hydrogen) atoms. The second kappa shape index (κ2) is 7.49. The SMILES string of the molecule is O=C(O)NC1(Cc2ccccc2)CCN(Cc2ccccc2)CC1. The van der Waals surface area contributed by atoms with E-state index >= 15 is 0 Å². The number of amides is 1. The fourth-order valence-electron chi connectivity index (χ4n) is 3.54. The molecule has 0 radical (unpaired) electrons. The zero-order chi connectivity index (χ0) is 16.8. The average molecular weight is 324 g/mol. The molecule has 1 saturated heterocycles. The van der Waals surface area contributed by atoms with Crippen LogP contribution in [0, 0.1) is 0 Å². The summed E-state index contributed by atoms with van der Waals surface area (Å²) in [4.78, 5) is 13.7. The van der Waals surface area contributed by atoms with Gasteiger partial charge in [-0.15, -0.1) is 0 Å². The number of nitrogens with one attached hydrogen (secondary N) is 1. The molecule has 4 nitrogen and oxygen atoms in total. The maximum atomic E-state index is 11.3. The molecule has 1 heterocycles. The normalized spacial score (nSPS) is 17.3. The van der Waals surface area contributed by atoms with Crippen molar-refractivity contribution in [3.63, 3.8) is 0 Å². The van der Waals surface area contributed by atoms with E-state index in [-0.39, 0.29) is 5.54 Å². The summed E-state index contributed by atoms with van der Waals surface area (Å²) in [6.45, 7) is 2.74. The van der Waals surface area contributed by atoms with E-state index in [1.54, 1.807) is 0 Å². The van der Waals surface area contributed by atoms with Gasteiger partial charge < -0.3 is 10.4 Å². The van der Waals surface area contributed by atoms with Gasteiger partial charge in [0.1, 0.15) is 0 Å². The van der Waals surface area contributed by atoms with Gasteiger partial charge in [-0.1, -0.05) is 60.7 Å². The molecule has 0 unspecified atom stereocenters. The number of benzene rings is 2. The number of hydrogen-bond donors (Lipinski definition) is 2. The lowest BCUT2D eigenvalue weighted by atomic mass is 9.81. The van der Waals surface area contributed by atoms with Gasteiger partial charge >= 0.3 is 6.09 Å². The van der Waals surface area contributed by atoms with Gasteiger partial charge in [0.05, 0.1) is 0 Å². The molecular weight excluding hydrogens is 300 g/mol. The highest BCUT2D eigenvalue weighted by atomic mass is 16.4. The van der Waals surface area contributed by atoms with E-state index in [9.17, 15) is 9.90 Å². The average Bonchev–Trinajstić information content (AvgIpc) is 2.58. The third kappa shape index (κ3) is 4.36. The summed E-state index contributed by atoms with van der Waals surface area (Å²) in [6, 6.07) is 20.6. The summed E-state index contributed by atoms with van der Waals surface area (Å²) in [5, 5.41) is 12.1. The van der Waals surface area contributed by atoms with E-state index in [4.69, 9.17) is 0 Å². The van der Waals surface area contributed by atoms with Crippen molar-refractivity contribution >= 4 is 6.09 Å². The van der Waals surface area contributed by atoms with Crippen LogP contribution < -0.4 is 5.32 Å². The molecule has 0 bridgehead atoms. The van der Waals surface area contributed by atoms with Gasteiger partial charge in [0, 0.05) is 25.2 Å². The van der Waals surface area contributed by atoms with Crippen LogP contribution in [0.25, 0.3) is 0 Å². The van der Waals surface area contributed by atoms with Gasteiger partial charge in [-0.3, -0.25) is 4.90 Å². The van der Waals surface area contributed by atoms with Crippen LogP contribution in [0.15, 0.2) is 60.7 Å². The van der Waals surface area contributed by atoms with Crippen molar-refractivity contribution < 1.29 is 9.90 Å². The number of likely N-dealkylation sites (tertiary alicyclic amines) is 1. The molecule has 0 spiro atoms. The van der Waals surface area contributed by atoms with Crippen LogP contribution in [0.2, 0.25) is 0 Å². The summed E-state index contributed by atoms with van der Waals surface area (Å²) >= 11 is 0. The smallest absolute Gasteiger partial charge is 0.405 e. The molecule has 4 heteroatoms. The van der Waals surface area contributed by atoms with Crippen molar-refractivity contribution in [1.29, 1.82) is 0 Å². The van der Waals surface area contributed by atoms with Crippen LogP contribution in [-0.4, -0.2) is 34.7 Å². The van der Waals surface area contributed by atoms with Gasteiger partial charge in [-0.05, 0) is 30.4 Å². The highest BCUT2D eigenvalue weighted by Gasteiger charge is 2.36. The lowest BCUT2D eigenvalue weighted by Crippen LogP contribution is -2.56. The van der Waals surface area contributed by atoms with E-state index in [1.165, 1.54) is 11.1 Å². The summed E-state index contributed by atoms with van der Waals surface area (Å²) in [7, 11) is 0. The Hall–Kier alpha value is -2.33. The summed E-state index contributed by atoms with van der Waals surface area (Å²) < 4.78 is 0. The molecule has 1 aliphatic heterocycles. The predicted octanol–water partition coefficient (Wildman–Crippen LogP) is 3.53. The Balaban J connectivity index is 1.65. The maximum absolute atomic E-state index is 11.3. The topological polar surface area (TPSA) is 52.6 Å². The van der Waals surface area contributed by atoms with Crippen molar-refractivity contribution in [2.75, 3.05) is 13.1 Å². The Kier molecular flexibility index (Phi) is 5.16. The molecule has 2 aromatic rings. The van der Waals surface area contributed by atoms with E-state index in [1.807, 2.05) is 24.3 Å². The first-order valence-corrected chi connectivity index (χ1v) is 8.47. The predicted molar refractivity (Wildman–Crippen MR) is 95.0 cm³/mol. The molecular formula is C20H24N2O2. The minimum Gasteiger partial charge on any atom is -0.465 e. The van der Waals surface area contributed by atoms with Crippen LogP contribution >= 0.6 is 0 Å². The molecule has 1 fully saturated rings. The molecule has 1 aliphatic rings. The number of carbonyl (C=O) groups is 1. The minimum absolute atomic E-state index is 0.361. The second-order valence-electron chi connectivity index (χ2n) is 6.63. The Bertz CT molecular complexity index is 650. The van der Waals surface area contributed by atoms with Crippen LogP contribution in [-0.2, 0) is 13.0 Å². The monoisotopic (exact) mass is 324 g/mol. The van der Waals surface area contributed by atoms with E-state index < -0.39 is 6.09 Å². The van der Waals surface area contributed by atoms with E-state index in [0.717, 1.165) is 38.9 Å². The number of rotatable bonds is 5. The Morgan fingerprint density at radius 2 is 1.50 bits per heavy atom. The minimum atomic E-state index is -0.928. The largest absolute Gasteiger partial charge is 0.465 e. The molecule has 0 saturated carbocycles. The lowest BCUT2D eigenvalue weighted by Gasteiger charge is -2.42. The van der Waals surface area contributed by atoms with Crippen molar-refractivity contribution in [3.8, 4) is 0 Å². The third-order valence-corrected chi connectivity index (χ3v) is 4.82. The fraction of sp³-hybridized carbons (Fsp3) is 0.350. The van der Waals surface area contributed by atoms with Crippen molar-refractivity contribution in [2.45, 2.75) is 31.3 Å². The third-order valence-electron chi connectivity index (χ3n) is 4.82. The standard InChI is InChI=1S/C20H24N2O2/c23-19(24)21-20(15-17-7-3-1-4-8-17)11-13-22(14-12-20)16-18-9-5-2-6-10-18/h1-10,21H,11-16H2,(H,23,24). The highest BCUT2D eigenvalue weighted by molar-refractivity contribution is 5.65. The molecule has 0 aromatic heterocycles. The summed E-state index contributed by atoms with van der Waals surface area (Å²) in [5.41, 5.74) is 2.13. The Labute approximate surface area is 143 Å². The first-order valence-electron chi connectivity index (χ1n) is 8.47. The highest BCUT2D eigenvalue weighted by Crippen LogP contribution is 2.27. The van der Waals surface area contributed by atoms with Crippen LogP contribution in [0.5, 0.6) is 0 Å². The zero-order valence-corrected chi connectivity index (χ0v) is 13.8. The Morgan fingerprint density at radius 1 is 0.958 bits per heavy atom. The molecule has 3 rings (SSSR count). The summed E-state index contributed by atoms with van der Waals surface area (Å²) in [6.07, 6.45) is 1.49.